The minimum Gasteiger partial charge on any atom is -0.494 e. The molecule has 0 aliphatic heterocycles. The van der Waals surface area contributed by atoms with Crippen LogP contribution in [0, 0.1) is 0 Å². The summed E-state index contributed by atoms with van der Waals surface area (Å²) in [4.78, 5) is 0. The summed E-state index contributed by atoms with van der Waals surface area (Å²) in [7, 11) is -2.90. The van der Waals surface area contributed by atoms with E-state index in [0.717, 1.165) is 18.7 Å². The lowest BCUT2D eigenvalue weighted by Crippen LogP contribution is -2.33. The summed E-state index contributed by atoms with van der Waals surface area (Å²) in [6.45, 7) is 3.26. The molecule has 0 fully saturated rings. The highest BCUT2D eigenvalue weighted by Crippen LogP contribution is 2.08. The summed E-state index contributed by atoms with van der Waals surface area (Å²) in [5.41, 5.74) is 0. The molecule has 0 bridgehead atoms. The number of nitrogens with one attached hydrogen (secondary N) is 1. The van der Waals surface area contributed by atoms with Crippen molar-refractivity contribution >= 4 is 9.84 Å². The van der Waals surface area contributed by atoms with Crippen molar-refractivity contribution in [3.05, 3.63) is 30.3 Å². The van der Waals surface area contributed by atoms with Gasteiger partial charge in [-0.2, -0.15) is 0 Å². The highest BCUT2D eigenvalue weighted by molar-refractivity contribution is 7.90. The molecule has 0 amide bonds. The molecular formula is C13H21NO3S. The van der Waals surface area contributed by atoms with Crippen molar-refractivity contribution < 1.29 is 13.2 Å². The number of hydrogen-bond donors (Lipinski definition) is 1. The highest BCUT2D eigenvalue weighted by atomic mass is 32.2. The number of sulfone groups is 1. The van der Waals surface area contributed by atoms with Crippen LogP contribution in [0.5, 0.6) is 5.75 Å². The number of benzene rings is 1. The lowest BCUT2D eigenvalue weighted by molar-refractivity contribution is 0.306. The van der Waals surface area contributed by atoms with Crippen LogP contribution in [-0.2, 0) is 9.84 Å². The van der Waals surface area contributed by atoms with Crippen LogP contribution < -0.4 is 10.1 Å². The van der Waals surface area contributed by atoms with Crippen molar-refractivity contribution in [1.29, 1.82) is 0 Å². The number of hydrogen-bond acceptors (Lipinski definition) is 4. The van der Waals surface area contributed by atoms with E-state index in [0.29, 0.717) is 6.61 Å². The molecule has 0 saturated carbocycles. The zero-order valence-electron chi connectivity index (χ0n) is 10.9. The predicted octanol–water partition coefficient (Wildman–Crippen LogP) is 1.48. The van der Waals surface area contributed by atoms with Crippen LogP contribution in [0.25, 0.3) is 0 Å². The van der Waals surface area contributed by atoms with Gasteiger partial charge in [-0.05, 0) is 32.0 Å². The minimum atomic E-state index is -2.90. The van der Waals surface area contributed by atoms with Crippen LogP contribution in [-0.4, -0.2) is 39.6 Å². The van der Waals surface area contributed by atoms with Crippen LogP contribution in [0.3, 0.4) is 0 Å². The van der Waals surface area contributed by atoms with E-state index in [-0.39, 0.29) is 11.8 Å². The SMILES string of the molecule is CC(CS(C)(=O)=O)NCCCOc1ccccc1. The molecule has 1 N–H and O–H groups in total. The van der Waals surface area contributed by atoms with Gasteiger partial charge in [-0.1, -0.05) is 18.2 Å². The van der Waals surface area contributed by atoms with Crippen molar-refractivity contribution in [3.63, 3.8) is 0 Å². The Hall–Kier alpha value is -1.07. The first-order valence-electron chi connectivity index (χ1n) is 6.06. The normalized spacial score (nSPS) is 13.2. The Balaban J connectivity index is 2.09. The second-order valence-electron chi connectivity index (χ2n) is 4.46. The summed E-state index contributed by atoms with van der Waals surface area (Å²) in [6.07, 6.45) is 2.10. The number of rotatable bonds is 8. The quantitative estimate of drug-likeness (QED) is 0.728. The molecule has 102 valence electrons. The van der Waals surface area contributed by atoms with Crippen LogP contribution in [0.4, 0.5) is 0 Å². The van der Waals surface area contributed by atoms with Crippen LogP contribution in [0.2, 0.25) is 0 Å². The van der Waals surface area contributed by atoms with Gasteiger partial charge < -0.3 is 10.1 Å². The molecule has 0 heterocycles. The third kappa shape index (κ3) is 7.29. The second kappa shape index (κ2) is 7.38. The van der Waals surface area contributed by atoms with Crippen LogP contribution in [0.15, 0.2) is 30.3 Å². The first-order valence-corrected chi connectivity index (χ1v) is 8.12. The third-order valence-electron chi connectivity index (χ3n) is 2.38. The van der Waals surface area contributed by atoms with E-state index in [2.05, 4.69) is 5.32 Å². The van der Waals surface area contributed by atoms with Gasteiger partial charge in [-0.15, -0.1) is 0 Å². The first kappa shape index (κ1) is 15.0. The summed E-state index contributed by atoms with van der Waals surface area (Å²) in [5, 5.41) is 3.17. The van der Waals surface area contributed by atoms with E-state index in [4.69, 9.17) is 4.74 Å². The van der Waals surface area contributed by atoms with Gasteiger partial charge in [0.1, 0.15) is 15.6 Å². The molecule has 0 spiro atoms. The van der Waals surface area contributed by atoms with Crippen molar-refractivity contribution in [2.75, 3.05) is 25.2 Å². The highest BCUT2D eigenvalue weighted by Gasteiger charge is 2.08. The summed E-state index contributed by atoms with van der Waals surface area (Å²) in [6, 6.07) is 9.63. The molecule has 0 radical (unpaired) electrons. The summed E-state index contributed by atoms with van der Waals surface area (Å²) >= 11 is 0. The molecule has 4 nitrogen and oxygen atoms in total. The van der Waals surface area contributed by atoms with Gasteiger partial charge in [0.25, 0.3) is 0 Å². The summed E-state index contributed by atoms with van der Waals surface area (Å²) < 4.78 is 27.6. The number of ether oxygens (including phenoxy) is 1. The van der Waals surface area contributed by atoms with Crippen LogP contribution >= 0.6 is 0 Å². The third-order valence-corrected chi connectivity index (χ3v) is 3.48. The van der Waals surface area contributed by atoms with Gasteiger partial charge in [0.2, 0.25) is 0 Å². The Kier molecular flexibility index (Phi) is 6.15. The lowest BCUT2D eigenvalue weighted by atomic mass is 10.3. The molecule has 1 rings (SSSR count). The van der Waals surface area contributed by atoms with Gasteiger partial charge in [-0.3, -0.25) is 0 Å². The van der Waals surface area contributed by atoms with Crippen molar-refractivity contribution in [2.24, 2.45) is 0 Å². The van der Waals surface area contributed by atoms with Gasteiger partial charge in [0.05, 0.1) is 12.4 Å². The average molecular weight is 271 g/mol. The zero-order chi connectivity index (χ0) is 13.4. The average Bonchev–Trinajstić information content (AvgIpc) is 2.27. The molecule has 0 aliphatic carbocycles. The topological polar surface area (TPSA) is 55.4 Å². The molecule has 1 aromatic carbocycles. The largest absolute Gasteiger partial charge is 0.494 e. The molecule has 0 aromatic heterocycles. The zero-order valence-corrected chi connectivity index (χ0v) is 11.7. The number of para-hydroxylation sites is 1. The van der Waals surface area contributed by atoms with E-state index < -0.39 is 9.84 Å². The Morgan fingerprint density at radius 3 is 2.56 bits per heavy atom. The Labute approximate surface area is 109 Å². The van der Waals surface area contributed by atoms with Crippen LogP contribution in [0.1, 0.15) is 13.3 Å². The van der Waals surface area contributed by atoms with E-state index >= 15 is 0 Å². The van der Waals surface area contributed by atoms with E-state index in [1.54, 1.807) is 0 Å². The van der Waals surface area contributed by atoms with Gasteiger partial charge in [0, 0.05) is 12.3 Å². The monoisotopic (exact) mass is 271 g/mol. The maximum atomic E-state index is 11.1. The molecule has 18 heavy (non-hydrogen) atoms. The molecule has 1 aromatic rings. The Morgan fingerprint density at radius 1 is 1.28 bits per heavy atom. The molecule has 5 heteroatoms. The van der Waals surface area contributed by atoms with Crippen molar-refractivity contribution in [1.82, 2.24) is 5.32 Å². The molecule has 0 aliphatic rings. The van der Waals surface area contributed by atoms with Crippen molar-refractivity contribution in [2.45, 2.75) is 19.4 Å². The molecular weight excluding hydrogens is 250 g/mol. The molecule has 1 unspecified atom stereocenters. The van der Waals surface area contributed by atoms with E-state index in [1.807, 2.05) is 37.3 Å². The fourth-order valence-corrected chi connectivity index (χ4v) is 2.67. The molecule has 0 saturated heterocycles. The maximum Gasteiger partial charge on any atom is 0.148 e. The van der Waals surface area contributed by atoms with E-state index in [1.165, 1.54) is 6.26 Å². The fourth-order valence-electron chi connectivity index (χ4n) is 1.64. The lowest BCUT2D eigenvalue weighted by Gasteiger charge is -2.12. The Morgan fingerprint density at radius 2 is 1.94 bits per heavy atom. The smallest absolute Gasteiger partial charge is 0.148 e. The molecule has 1 atom stereocenters. The van der Waals surface area contributed by atoms with Gasteiger partial charge >= 0.3 is 0 Å². The summed E-state index contributed by atoms with van der Waals surface area (Å²) in [5.74, 6) is 1.04. The standard InChI is InChI=1S/C13H21NO3S/c1-12(11-18(2,15)16)14-9-6-10-17-13-7-4-3-5-8-13/h3-5,7-8,12,14H,6,9-11H2,1-2H3. The van der Waals surface area contributed by atoms with Crippen molar-refractivity contribution in [3.8, 4) is 5.75 Å². The first-order chi connectivity index (χ1) is 8.47. The van der Waals surface area contributed by atoms with Gasteiger partial charge in [0.15, 0.2) is 0 Å². The van der Waals surface area contributed by atoms with Gasteiger partial charge in [-0.25, -0.2) is 8.42 Å². The minimum absolute atomic E-state index is 0.0169. The second-order valence-corrected chi connectivity index (χ2v) is 6.65. The fraction of sp³-hybridized carbons (Fsp3) is 0.538. The Bertz CT molecular complexity index is 431. The maximum absolute atomic E-state index is 11.1. The van der Waals surface area contributed by atoms with E-state index in [9.17, 15) is 8.42 Å². The predicted molar refractivity (Wildman–Crippen MR) is 73.7 cm³/mol.